The number of morpholine rings is 1. The van der Waals surface area contributed by atoms with E-state index in [1.165, 1.54) is 12.0 Å². The van der Waals surface area contributed by atoms with Crippen LogP contribution in [0.1, 0.15) is 23.5 Å². The van der Waals surface area contributed by atoms with E-state index in [9.17, 15) is 19.5 Å². The normalized spacial score (nSPS) is 18.0. The smallest absolute Gasteiger partial charge is 0.407 e. The van der Waals surface area contributed by atoms with Crippen LogP contribution in [-0.2, 0) is 23.8 Å². The van der Waals surface area contributed by atoms with E-state index in [1.54, 1.807) is 0 Å². The van der Waals surface area contributed by atoms with Crippen LogP contribution in [0.15, 0.2) is 48.5 Å². The first-order valence-electron chi connectivity index (χ1n) is 11.2. The summed E-state index contributed by atoms with van der Waals surface area (Å²) in [6, 6.07) is 14.7. The number of nitrogens with zero attached hydrogens (tertiary/aromatic N) is 1. The molecule has 0 radical (unpaired) electrons. The van der Waals surface area contributed by atoms with Crippen LogP contribution in [0, 0.1) is 0 Å². The summed E-state index contributed by atoms with van der Waals surface area (Å²) >= 11 is 0. The lowest BCUT2D eigenvalue weighted by molar-refractivity contribution is -0.147. The number of fused-ring (bicyclic) bond motifs is 3. The molecular weight excluding hydrogens is 440 g/mol. The summed E-state index contributed by atoms with van der Waals surface area (Å²) in [6.07, 6.45) is -1.68. The Hall–Kier alpha value is -3.43. The maximum Gasteiger partial charge on any atom is 0.407 e. The Bertz CT molecular complexity index is 1010. The Morgan fingerprint density at radius 2 is 1.74 bits per heavy atom. The van der Waals surface area contributed by atoms with E-state index in [4.69, 9.17) is 14.2 Å². The Kier molecular flexibility index (Phi) is 7.44. The Labute approximate surface area is 197 Å². The van der Waals surface area contributed by atoms with Gasteiger partial charge in [0.2, 0.25) is 5.91 Å². The van der Waals surface area contributed by atoms with E-state index in [2.05, 4.69) is 5.32 Å². The van der Waals surface area contributed by atoms with E-state index in [1.807, 2.05) is 48.5 Å². The average Bonchev–Trinajstić information content (AvgIpc) is 3.16. The van der Waals surface area contributed by atoms with Crippen LogP contribution >= 0.6 is 0 Å². The zero-order valence-electron chi connectivity index (χ0n) is 18.9. The number of ether oxygens (including phenoxy) is 3. The summed E-state index contributed by atoms with van der Waals surface area (Å²) in [4.78, 5) is 38.5. The van der Waals surface area contributed by atoms with Gasteiger partial charge < -0.3 is 29.5 Å². The van der Waals surface area contributed by atoms with Crippen molar-refractivity contribution < 1.29 is 33.7 Å². The zero-order valence-corrected chi connectivity index (χ0v) is 18.9. The first-order valence-corrected chi connectivity index (χ1v) is 11.2. The Morgan fingerprint density at radius 1 is 1.09 bits per heavy atom. The summed E-state index contributed by atoms with van der Waals surface area (Å²) in [5, 5.41) is 11.8. The van der Waals surface area contributed by atoms with Gasteiger partial charge in [-0.2, -0.15) is 0 Å². The van der Waals surface area contributed by atoms with E-state index in [-0.39, 0.29) is 25.2 Å². The number of amides is 2. The second kappa shape index (κ2) is 10.7. The third-order valence-corrected chi connectivity index (χ3v) is 6.12. The maximum absolute atomic E-state index is 13.0. The van der Waals surface area contributed by atoms with Crippen molar-refractivity contribution in [2.75, 3.05) is 40.0 Å². The molecule has 180 valence electrons. The number of carboxylic acids is 1. The number of carbonyl (C=O) groups is 3. The van der Waals surface area contributed by atoms with Gasteiger partial charge in [-0.25, -0.2) is 4.79 Å². The van der Waals surface area contributed by atoms with Gasteiger partial charge in [0, 0.05) is 26.1 Å². The zero-order chi connectivity index (χ0) is 24.1. The molecule has 4 rings (SSSR count). The number of nitrogens with one attached hydrogen (secondary N) is 1. The summed E-state index contributed by atoms with van der Waals surface area (Å²) in [6.45, 7) is 1.26. The SMILES string of the molecule is COCC1CN(C(=O)C(CC(=O)O)NC(=O)OCC2c3ccccc3-c3ccccc32)CCO1. The number of alkyl carbamates (subject to hydrolysis) is 1. The number of hydrogen-bond donors (Lipinski definition) is 2. The third-order valence-electron chi connectivity index (χ3n) is 6.12. The van der Waals surface area contributed by atoms with Crippen molar-refractivity contribution in [3.63, 3.8) is 0 Å². The van der Waals surface area contributed by atoms with Crippen LogP contribution in [0.4, 0.5) is 4.79 Å². The minimum atomic E-state index is -1.24. The van der Waals surface area contributed by atoms with Gasteiger partial charge >= 0.3 is 12.1 Å². The molecular formula is C25H28N2O7. The summed E-state index contributed by atoms with van der Waals surface area (Å²) < 4.78 is 16.1. The van der Waals surface area contributed by atoms with Gasteiger partial charge in [0.1, 0.15) is 12.6 Å². The molecule has 2 N–H and O–H groups in total. The van der Waals surface area contributed by atoms with Crippen molar-refractivity contribution in [2.24, 2.45) is 0 Å². The van der Waals surface area contributed by atoms with Gasteiger partial charge in [-0.3, -0.25) is 9.59 Å². The molecule has 2 aliphatic rings. The second-order valence-corrected chi connectivity index (χ2v) is 8.35. The molecule has 1 heterocycles. The summed E-state index contributed by atoms with van der Waals surface area (Å²) in [5.74, 6) is -1.82. The van der Waals surface area contributed by atoms with Crippen LogP contribution in [0.3, 0.4) is 0 Å². The lowest BCUT2D eigenvalue weighted by Gasteiger charge is -2.34. The topological polar surface area (TPSA) is 114 Å². The number of rotatable bonds is 8. The molecule has 2 aromatic carbocycles. The van der Waals surface area contributed by atoms with Crippen LogP contribution < -0.4 is 5.32 Å². The first kappa shape index (κ1) is 23.7. The van der Waals surface area contributed by atoms with Crippen LogP contribution in [0.2, 0.25) is 0 Å². The predicted molar refractivity (Wildman–Crippen MR) is 122 cm³/mol. The van der Waals surface area contributed by atoms with Crippen LogP contribution in [0.5, 0.6) is 0 Å². The monoisotopic (exact) mass is 468 g/mol. The van der Waals surface area contributed by atoms with E-state index < -0.39 is 30.4 Å². The number of benzene rings is 2. The maximum atomic E-state index is 13.0. The van der Waals surface area contributed by atoms with E-state index >= 15 is 0 Å². The molecule has 0 spiro atoms. The van der Waals surface area contributed by atoms with Gasteiger partial charge in [-0.05, 0) is 22.3 Å². The highest BCUT2D eigenvalue weighted by Crippen LogP contribution is 2.44. The average molecular weight is 469 g/mol. The molecule has 2 unspecified atom stereocenters. The van der Waals surface area contributed by atoms with Gasteiger partial charge in [0.05, 0.1) is 25.7 Å². The molecule has 9 nitrogen and oxygen atoms in total. The quantitative estimate of drug-likeness (QED) is 0.611. The fraction of sp³-hybridized carbons (Fsp3) is 0.400. The lowest BCUT2D eigenvalue weighted by Crippen LogP contribution is -2.55. The van der Waals surface area contributed by atoms with Gasteiger partial charge in [-0.15, -0.1) is 0 Å². The highest BCUT2D eigenvalue weighted by atomic mass is 16.5. The first-order chi connectivity index (χ1) is 16.5. The van der Waals surface area contributed by atoms with E-state index in [0.29, 0.717) is 19.8 Å². The molecule has 0 saturated carbocycles. The van der Waals surface area contributed by atoms with Crippen molar-refractivity contribution in [1.82, 2.24) is 10.2 Å². The highest BCUT2D eigenvalue weighted by molar-refractivity contribution is 5.89. The van der Waals surface area contributed by atoms with Crippen LogP contribution in [0.25, 0.3) is 11.1 Å². The molecule has 1 saturated heterocycles. The number of methoxy groups -OCH3 is 1. The number of hydrogen-bond acceptors (Lipinski definition) is 6. The fourth-order valence-corrected chi connectivity index (χ4v) is 4.58. The van der Waals surface area contributed by atoms with E-state index in [0.717, 1.165) is 22.3 Å². The largest absolute Gasteiger partial charge is 0.481 e. The van der Waals surface area contributed by atoms with Gasteiger partial charge in [0.25, 0.3) is 0 Å². The molecule has 9 heteroatoms. The highest BCUT2D eigenvalue weighted by Gasteiger charge is 2.33. The minimum absolute atomic E-state index is 0.0707. The second-order valence-electron chi connectivity index (χ2n) is 8.35. The molecule has 1 aliphatic carbocycles. The molecule has 2 atom stereocenters. The van der Waals surface area contributed by atoms with Crippen molar-refractivity contribution in [3.8, 4) is 11.1 Å². The number of aliphatic carboxylic acids is 1. The summed E-state index contributed by atoms with van der Waals surface area (Å²) in [5.41, 5.74) is 4.33. The minimum Gasteiger partial charge on any atom is -0.481 e. The molecule has 1 fully saturated rings. The van der Waals surface area contributed by atoms with Crippen molar-refractivity contribution in [2.45, 2.75) is 24.5 Å². The molecule has 0 aromatic heterocycles. The predicted octanol–water partition coefficient (Wildman–Crippen LogP) is 2.24. The number of carbonyl (C=O) groups excluding carboxylic acids is 2. The fourth-order valence-electron chi connectivity index (χ4n) is 4.58. The van der Waals surface area contributed by atoms with Gasteiger partial charge in [0.15, 0.2) is 0 Å². The standard InChI is InChI=1S/C25H28N2O7/c1-32-14-16-13-27(10-11-33-16)24(30)22(12-23(28)29)26-25(31)34-15-21-19-8-4-2-6-17(19)18-7-3-5-9-20(18)21/h2-9,16,21-22H,10-15H2,1H3,(H,26,31)(H,28,29). The Balaban J connectivity index is 1.41. The van der Waals surface area contributed by atoms with Gasteiger partial charge in [-0.1, -0.05) is 48.5 Å². The van der Waals surface area contributed by atoms with Crippen LogP contribution in [-0.4, -0.2) is 80.1 Å². The third kappa shape index (κ3) is 5.21. The van der Waals surface area contributed by atoms with Crippen molar-refractivity contribution >= 4 is 18.0 Å². The van der Waals surface area contributed by atoms with Crippen molar-refractivity contribution in [1.29, 1.82) is 0 Å². The molecule has 2 amide bonds. The summed E-state index contributed by atoms with van der Waals surface area (Å²) in [7, 11) is 1.54. The van der Waals surface area contributed by atoms with Crippen molar-refractivity contribution in [3.05, 3.63) is 59.7 Å². The lowest BCUT2D eigenvalue weighted by atomic mass is 9.98. The number of carboxylic acid groups (broad SMARTS) is 1. The molecule has 1 aliphatic heterocycles. The molecule has 0 bridgehead atoms. The molecule has 34 heavy (non-hydrogen) atoms. The molecule has 2 aromatic rings. The Morgan fingerprint density at radius 3 is 2.35 bits per heavy atom.